The number of amides is 2. The molecule has 2 amide bonds. The fraction of sp³-hybridized carbons (Fsp3) is 0.387. The second-order valence-electron chi connectivity index (χ2n) is 9.71. The molecular formula is C31H39ClFN5O4. The Labute approximate surface area is 252 Å². The molecule has 2 aromatic rings. The Morgan fingerprint density at radius 1 is 1.12 bits per heavy atom. The van der Waals surface area contributed by atoms with E-state index in [-0.39, 0.29) is 29.2 Å². The molecule has 9 nitrogen and oxygen atoms in total. The van der Waals surface area contributed by atoms with Crippen LogP contribution in [0.2, 0.25) is 5.02 Å². The molecule has 0 atom stereocenters. The van der Waals surface area contributed by atoms with Crippen LogP contribution in [0.3, 0.4) is 0 Å². The Hall–Kier alpha value is -3.73. The van der Waals surface area contributed by atoms with Gasteiger partial charge in [-0.05, 0) is 77.2 Å². The number of aromatic nitrogens is 1. The molecule has 1 fully saturated rings. The van der Waals surface area contributed by atoms with E-state index in [0.29, 0.717) is 24.0 Å². The Morgan fingerprint density at radius 3 is 2.64 bits per heavy atom. The summed E-state index contributed by atoms with van der Waals surface area (Å²) < 4.78 is 25.7. The standard InChI is InChI=1S/C31H39ClFN5O4/c1-5-8-25(38-14-7-13-37(4)15-16-38)20-28(42-18-17-41-6-2)22(3)30(39)35-27-11-10-24(33)19-26(27)31(40)36-29-12-9-23(32)21-34-29/h5,8-12,19-21H,6-7,13-18H2,1-4H3,(H,35,39)(H,34,36,40)/b8-5-,25-20+,28-22-. The van der Waals surface area contributed by atoms with Gasteiger partial charge in [0.05, 0.1) is 28.5 Å². The van der Waals surface area contributed by atoms with Crippen molar-refractivity contribution in [1.29, 1.82) is 0 Å². The number of carbonyl (C=O) groups is 2. The highest BCUT2D eigenvalue weighted by atomic mass is 35.5. The molecule has 3 rings (SSSR count). The van der Waals surface area contributed by atoms with Crippen LogP contribution in [0.4, 0.5) is 15.9 Å². The first-order chi connectivity index (χ1) is 20.2. The molecule has 1 aromatic carbocycles. The lowest BCUT2D eigenvalue weighted by molar-refractivity contribution is -0.113. The number of hydrogen-bond donors (Lipinski definition) is 2. The summed E-state index contributed by atoms with van der Waals surface area (Å²) in [5.41, 5.74) is 1.28. The number of anilines is 2. The number of ether oxygens (including phenoxy) is 2. The molecule has 0 spiro atoms. The summed E-state index contributed by atoms with van der Waals surface area (Å²) in [7, 11) is 2.11. The second-order valence-corrected chi connectivity index (χ2v) is 10.1. The molecule has 0 saturated carbocycles. The van der Waals surface area contributed by atoms with Gasteiger partial charge in [-0.2, -0.15) is 0 Å². The van der Waals surface area contributed by atoms with Crippen LogP contribution in [-0.2, 0) is 14.3 Å². The third kappa shape index (κ3) is 9.97. The Morgan fingerprint density at radius 2 is 1.93 bits per heavy atom. The number of carbonyl (C=O) groups excluding carboxylic acids is 2. The first-order valence-electron chi connectivity index (χ1n) is 13.9. The van der Waals surface area contributed by atoms with Crippen molar-refractivity contribution < 1.29 is 23.5 Å². The van der Waals surface area contributed by atoms with E-state index in [1.165, 1.54) is 24.4 Å². The number of rotatable bonds is 12. The summed E-state index contributed by atoms with van der Waals surface area (Å²) in [6.07, 6.45) is 8.20. The third-order valence-electron chi connectivity index (χ3n) is 6.54. The highest BCUT2D eigenvalue weighted by molar-refractivity contribution is 6.30. The lowest BCUT2D eigenvalue weighted by Crippen LogP contribution is -2.28. The van der Waals surface area contributed by atoms with Crippen molar-refractivity contribution in [3.05, 3.63) is 88.2 Å². The normalized spacial score (nSPS) is 15.3. The maximum absolute atomic E-state index is 14.2. The van der Waals surface area contributed by atoms with Gasteiger partial charge in [0.2, 0.25) is 0 Å². The lowest BCUT2D eigenvalue weighted by Gasteiger charge is -2.25. The summed E-state index contributed by atoms with van der Waals surface area (Å²) in [5, 5.41) is 5.76. The van der Waals surface area contributed by atoms with Gasteiger partial charge in [0.1, 0.15) is 24.0 Å². The number of allylic oxidation sites excluding steroid dienone is 3. The molecule has 2 heterocycles. The average Bonchev–Trinajstić information content (AvgIpc) is 3.20. The minimum atomic E-state index is -0.643. The number of halogens is 2. The number of nitrogens with zero attached hydrogens (tertiary/aromatic N) is 3. The Bertz CT molecular complexity index is 1310. The van der Waals surface area contributed by atoms with E-state index in [9.17, 15) is 14.0 Å². The van der Waals surface area contributed by atoms with Gasteiger partial charge >= 0.3 is 0 Å². The molecule has 1 saturated heterocycles. The van der Waals surface area contributed by atoms with Crippen molar-refractivity contribution in [2.45, 2.75) is 27.2 Å². The van der Waals surface area contributed by atoms with Gasteiger partial charge in [-0.15, -0.1) is 0 Å². The van der Waals surface area contributed by atoms with E-state index >= 15 is 0 Å². The fourth-order valence-corrected chi connectivity index (χ4v) is 4.35. The van der Waals surface area contributed by atoms with Crippen molar-refractivity contribution in [2.75, 3.05) is 63.7 Å². The topological polar surface area (TPSA) is 96.0 Å². The summed E-state index contributed by atoms with van der Waals surface area (Å²) in [4.78, 5) is 35.1. The van der Waals surface area contributed by atoms with E-state index in [1.807, 2.05) is 32.1 Å². The molecule has 2 N–H and O–H groups in total. The van der Waals surface area contributed by atoms with Crippen LogP contribution in [-0.4, -0.2) is 79.6 Å². The predicted octanol–water partition coefficient (Wildman–Crippen LogP) is 5.49. The van der Waals surface area contributed by atoms with Gasteiger partial charge in [0.25, 0.3) is 11.8 Å². The van der Waals surface area contributed by atoms with Gasteiger partial charge in [-0.25, -0.2) is 9.37 Å². The highest BCUT2D eigenvalue weighted by Gasteiger charge is 2.20. The Kier molecular flexibility index (Phi) is 13.0. The summed E-state index contributed by atoms with van der Waals surface area (Å²) >= 11 is 5.87. The summed E-state index contributed by atoms with van der Waals surface area (Å²) in [6.45, 7) is 10.3. The van der Waals surface area contributed by atoms with Crippen molar-refractivity contribution in [3.8, 4) is 0 Å². The molecular weight excluding hydrogens is 561 g/mol. The molecule has 0 unspecified atom stereocenters. The number of pyridine rings is 1. The molecule has 0 bridgehead atoms. The van der Waals surface area contributed by atoms with Crippen LogP contribution < -0.4 is 10.6 Å². The number of nitrogens with one attached hydrogen (secondary N) is 2. The number of hydrogen-bond acceptors (Lipinski definition) is 7. The minimum Gasteiger partial charge on any atom is -0.491 e. The van der Waals surface area contributed by atoms with Crippen molar-refractivity contribution in [2.24, 2.45) is 0 Å². The van der Waals surface area contributed by atoms with Gasteiger partial charge in [0, 0.05) is 44.2 Å². The molecule has 42 heavy (non-hydrogen) atoms. The number of benzene rings is 1. The monoisotopic (exact) mass is 599 g/mol. The van der Waals surface area contributed by atoms with Gasteiger partial charge in [-0.1, -0.05) is 17.7 Å². The quantitative estimate of drug-likeness (QED) is 0.144. The van der Waals surface area contributed by atoms with Gasteiger partial charge < -0.3 is 29.9 Å². The van der Waals surface area contributed by atoms with Gasteiger partial charge in [0.15, 0.2) is 0 Å². The lowest BCUT2D eigenvalue weighted by atomic mass is 10.1. The molecule has 226 valence electrons. The van der Waals surface area contributed by atoms with Crippen molar-refractivity contribution in [1.82, 2.24) is 14.8 Å². The van der Waals surface area contributed by atoms with E-state index < -0.39 is 17.6 Å². The van der Waals surface area contributed by atoms with E-state index in [2.05, 4.69) is 32.5 Å². The van der Waals surface area contributed by atoms with Crippen LogP contribution in [0.5, 0.6) is 0 Å². The maximum atomic E-state index is 14.2. The predicted molar refractivity (Wildman–Crippen MR) is 164 cm³/mol. The molecule has 1 aliphatic rings. The zero-order valence-electron chi connectivity index (χ0n) is 24.6. The summed E-state index contributed by atoms with van der Waals surface area (Å²) in [5.74, 6) is -1.17. The molecule has 1 aliphatic heterocycles. The zero-order valence-corrected chi connectivity index (χ0v) is 25.3. The van der Waals surface area contributed by atoms with Crippen LogP contribution in [0, 0.1) is 5.82 Å². The minimum absolute atomic E-state index is 0.0643. The van der Waals surface area contributed by atoms with Crippen LogP contribution in [0.15, 0.2) is 71.8 Å². The second kappa shape index (κ2) is 16.6. The molecule has 1 aromatic heterocycles. The SMILES string of the molecule is C\C=C/C(=C\C(OCCOCC)=C(/C)C(=O)Nc1ccc(F)cc1C(=O)Nc1ccc(Cl)cn1)N1CCCN(C)CC1. The molecule has 11 heteroatoms. The largest absolute Gasteiger partial charge is 0.491 e. The zero-order chi connectivity index (χ0) is 30.5. The maximum Gasteiger partial charge on any atom is 0.259 e. The first kappa shape index (κ1) is 32.8. The van der Waals surface area contributed by atoms with E-state index in [1.54, 1.807) is 13.0 Å². The fourth-order valence-electron chi connectivity index (χ4n) is 4.24. The smallest absolute Gasteiger partial charge is 0.259 e. The van der Waals surface area contributed by atoms with Crippen LogP contribution in [0.25, 0.3) is 0 Å². The Balaban J connectivity index is 1.91. The number of likely N-dealkylation sites (N-methyl/N-ethyl adjacent to an activating group) is 1. The van der Waals surface area contributed by atoms with Gasteiger partial charge in [-0.3, -0.25) is 9.59 Å². The van der Waals surface area contributed by atoms with Crippen molar-refractivity contribution >= 4 is 34.9 Å². The van der Waals surface area contributed by atoms with E-state index in [4.69, 9.17) is 21.1 Å². The first-order valence-corrected chi connectivity index (χ1v) is 14.3. The molecule has 0 aliphatic carbocycles. The van der Waals surface area contributed by atoms with E-state index in [0.717, 1.165) is 44.4 Å². The highest BCUT2D eigenvalue weighted by Crippen LogP contribution is 2.22. The summed E-state index contributed by atoms with van der Waals surface area (Å²) in [6, 6.07) is 6.66. The third-order valence-corrected chi connectivity index (χ3v) is 6.77. The average molecular weight is 600 g/mol. The molecule has 0 radical (unpaired) electrons. The van der Waals surface area contributed by atoms with Crippen LogP contribution in [0.1, 0.15) is 37.6 Å². The van der Waals surface area contributed by atoms with Crippen LogP contribution >= 0.6 is 11.6 Å². The van der Waals surface area contributed by atoms with Crippen molar-refractivity contribution in [3.63, 3.8) is 0 Å².